The lowest BCUT2D eigenvalue weighted by atomic mass is 10.4. The Morgan fingerprint density at radius 3 is 1.75 bits per heavy atom. The van der Waals surface area contributed by atoms with Gasteiger partial charge in [-0.25, -0.2) is 0 Å². The van der Waals surface area contributed by atoms with Gasteiger partial charge in [0, 0.05) is 13.2 Å². The van der Waals surface area contributed by atoms with Gasteiger partial charge < -0.3 is 9.31 Å². The molecule has 0 bridgehead atoms. The van der Waals surface area contributed by atoms with Gasteiger partial charge >= 0.3 is 7.69 Å². The molecular weight excluding hydrogens is 126 g/mol. The molecule has 0 unspecified atom stereocenters. The Kier molecular flexibility index (Phi) is 14.3. The molecule has 2 nitrogen and oxygen atoms in total. The van der Waals surface area contributed by atoms with E-state index in [0.29, 0.717) is 7.69 Å². The minimum absolute atomic E-state index is 0. The van der Waals surface area contributed by atoms with Crippen LogP contribution in [-0.2, 0) is 9.31 Å². The number of hydrogen-bond acceptors (Lipinski definition) is 2. The summed E-state index contributed by atoms with van der Waals surface area (Å²) >= 11 is 0. The summed E-state index contributed by atoms with van der Waals surface area (Å²) in [7, 11) is 0.438. The van der Waals surface area contributed by atoms with Gasteiger partial charge in [-0.05, 0) is 13.8 Å². The van der Waals surface area contributed by atoms with Gasteiger partial charge in [-0.3, -0.25) is 0 Å². The Hall–Kier alpha value is 0.275. The van der Waals surface area contributed by atoms with Crippen LogP contribution in [0.1, 0.15) is 13.8 Å². The maximum atomic E-state index is 4.85. The van der Waals surface area contributed by atoms with Crippen LogP contribution in [0.5, 0.6) is 0 Å². The average Bonchev–Trinajstić information content (AvgIpc) is 1.69. The Bertz CT molecular complexity index is 33.2. The molecule has 0 aromatic rings. The summed E-state index contributed by atoms with van der Waals surface area (Å²) in [6.45, 7) is 5.36. The summed E-state index contributed by atoms with van der Waals surface area (Å²) in [5.74, 6) is 0. The zero-order valence-corrected chi connectivity index (χ0v) is 6.16. The monoisotopic (exact) mass is 138 g/mol. The van der Waals surface area contributed by atoms with E-state index in [4.69, 9.17) is 9.31 Å². The highest BCUT2D eigenvalue weighted by molar-refractivity contribution is 6.17. The molecule has 0 saturated heterocycles. The van der Waals surface area contributed by atoms with Gasteiger partial charge in [-0.2, -0.15) is 0 Å². The van der Waals surface area contributed by atoms with Crippen LogP contribution in [0.2, 0.25) is 0 Å². The lowest BCUT2D eigenvalue weighted by Crippen LogP contribution is -2.02. The molecule has 0 rings (SSSR count). The van der Waals surface area contributed by atoms with Crippen molar-refractivity contribution in [3.63, 3.8) is 0 Å². The second-order valence-corrected chi connectivity index (χ2v) is 1.10. The molecule has 0 atom stereocenters. The van der Waals surface area contributed by atoms with Crippen LogP contribution in [0.3, 0.4) is 0 Å². The fourth-order valence-electron chi connectivity index (χ4n) is 0.226. The zero-order chi connectivity index (χ0) is 5.54. The molecule has 8 heavy (non-hydrogen) atoms. The first-order valence-electron chi connectivity index (χ1n) is 2.57. The van der Waals surface area contributed by atoms with Crippen molar-refractivity contribution in [2.24, 2.45) is 0 Å². The van der Waals surface area contributed by atoms with E-state index in [9.17, 15) is 0 Å². The van der Waals surface area contributed by atoms with Crippen molar-refractivity contribution in [3.05, 3.63) is 0 Å². The molecule has 0 aliphatic heterocycles. The second kappa shape index (κ2) is 10.3. The van der Waals surface area contributed by atoms with Crippen LogP contribution < -0.4 is 0 Å². The molecule has 0 saturated carbocycles. The van der Waals surface area contributed by atoms with Crippen molar-refractivity contribution in [3.8, 4) is 0 Å². The topological polar surface area (TPSA) is 18.5 Å². The van der Waals surface area contributed by atoms with Gasteiger partial charge in [0.15, 0.2) is 0 Å². The van der Waals surface area contributed by atoms with E-state index in [1.807, 2.05) is 13.8 Å². The van der Waals surface area contributed by atoms with E-state index < -0.39 is 0 Å². The minimum Gasteiger partial charge on any atom is -0.414 e. The third-order valence-corrected chi connectivity index (χ3v) is 0.575. The molecule has 0 heterocycles. The predicted octanol–water partition coefficient (Wildman–Crippen LogP) is 0.748. The van der Waals surface area contributed by atoms with E-state index >= 15 is 0 Å². The maximum Gasteiger partial charge on any atom is 0.438 e. The van der Waals surface area contributed by atoms with Crippen molar-refractivity contribution in [2.75, 3.05) is 13.2 Å². The van der Waals surface area contributed by atoms with E-state index in [1.165, 1.54) is 0 Å². The Morgan fingerprint density at radius 1 is 1.12 bits per heavy atom. The van der Waals surface area contributed by atoms with E-state index in [1.54, 1.807) is 0 Å². The molecule has 0 N–H and O–H groups in total. The van der Waals surface area contributed by atoms with Gasteiger partial charge in [0.25, 0.3) is 0 Å². The highest BCUT2D eigenvalue weighted by Gasteiger charge is 1.83. The largest absolute Gasteiger partial charge is 0.438 e. The molecule has 0 amide bonds. The van der Waals surface area contributed by atoms with Gasteiger partial charge in [0.05, 0.1) is 0 Å². The highest BCUT2D eigenvalue weighted by Crippen LogP contribution is 1.70. The molecule has 0 aliphatic carbocycles. The molecule has 0 aliphatic rings. The Morgan fingerprint density at radius 2 is 1.50 bits per heavy atom. The maximum absolute atomic E-state index is 4.85. The fraction of sp³-hybridized carbons (Fsp3) is 1.00. The molecule has 0 radical (unpaired) electrons. The number of rotatable bonds is 4. The molecule has 4 heteroatoms. The second-order valence-electron chi connectivity index (χ2n) is 1.10. The van der Waals surface area contributed by atoms with Crippen LogP contribution >= 0.6 is 12.4 Å². The summed E-state index contributed by atoms with van der Waals surface area (Å²) in [6.07, 6.45) is 0. The molecule has 0 spiro atoms. The number of hydrogen-bond donors (Lipinski definition) is 0. The lowest BCUT2D eigenvalue weighted by molar-refractivity contribution is 0.240. The first-order chi connectivity index (χ1) is 3.41. The van der Waals surface area contributed by atoms with Crippen molar-refractivity contribution in [1.29, 1.82) is 0 Å². The van der Waals surface area contributed by atoms with Gasteiger partial charge in [0.2, 0.25) is 0 Å². The molecule has 0 fully saturated rings. The minimum atomic E-state index is 0. The molecule has 50 valence electrons. The number of halogens is 1. The van der Waals surface area contributed by atoms with Crippen molar-refractivity contribution in [1.82, 2.24) is 0 Å². The summed E-state index contributed by atoms with van der Waals surface area (Å²) in [6, 6.07) is 0. The predicted molar refractivity (Wildman–Crippen MR) is 37.6 cm³/mol. The van der Waals surface area contributed by atoms with E-state index in [0.717, 1.165) is 13.2 Å². The zero-order valence-electron chi connectivity index (χ0n) is 5.35. The highest BCUT2D eigenvalue weighted by atomic mass is 35.5. The third-order valence-electron chi connectivity index (χ3n) is 0.575. The van der Waals surface area contributed by atoms with Crippen LogP contribution in [-0.4, -0.2) is 20.9 Å². The van der Waals surface area contributed by atoms with Gasteiger partial charge in [-0.1, -0.05) is 0 Å². The Labute approximate surface area is 57.3 Å². The summed E-state index contributed by atoms with van der Waals surface area (Å²) < 4.78 is 9.70. The summed E-state index contributed by atoms with van der Waals surface area (Å²) in [5, 5.41) is 0. The van der Waals surface area contributed by atoms with Gasteiger partial charge in [-0.15, -0.1) is 12.4 Å². The molecular formula is C4H12BClO2. The quantitative estimate of drug-likeness (QED) is 0.422. The standard InChI is InChI=1S/C4H11BO2.ClH/c1-3-6-5-7-4-2;/h5H,3-4H2,1-2H3;1H. The Balaban J connectivity index is 0. The van der Waals surface area contributed by atoms with Crippen LogP contribution in [0.15, 0.2) is 0 Å². The molecule has 0 aromatic heterocycles. The van der Waals surface area contributed by atoms with Crippen molar-refractivity contribution < 1.29 is 9.31 Å². The first-order valence-corrected chi connectivity index (χ1v) is 2.57. The van der Waals surface area contributed by atoms with Crippen LogP contribution in [0.4, 0.5) is 0 Å². The van der Waals surface area contributed by atoms with Crippen LogP contribution in [0, 0.1) is 0 Å². The first kappa shape index (κ1) is 11.1. The SMILES string of the molecule is CCOBOCC.Cl. The van der Waals surface area contributed by atoms with Crippen molar-refractivity contribution >= 4 is 20.1 Å². The lowest BCUT2D eigenvalue weighted by Gasteiger charge is -1.94. The third kappa shape index (κ3) is 9.55. The summed E-state index contributed by atoms with van der Waals surface area (Å²) in [4.78, 5) is 0. The summed E-state index contributed by atoms with van der Waals surface area (Å²) in [5.41, 5.74) is 0. The van der Waals surface area contributed by atoms with E-state index in [-0.39, 0.29) is 12.4 Å². The normalized spacial score (nSPS) is 7.75. The van der Waals surface area contributed by atoms with Crippen molar-refractivity contribution in [2.45, 2.75) is 13.8 Å². The fourth-order valence-corrected chi connectivity index (χ4v) is 0.226. The van der Waals surface area contributed by atoms with Gasteiger partial charge in [0.1, 0.15) is 0 Å². The average molecular weight is 138 g/mol. The van der Waals surface area contributed by atoms with E-state index in [2.05, 4.69) is 0 Å². The molecule has 0 aromatic carbocycles. The van der Waals surface area contributed by atoms with Crippen LogP contribution in [0.25, 0.3) is 0 Å². The smallest absolute Gasteiger partial charge is 0.414 e.